The van der Waals surface area contributed by atoms with Gasteiger partial charge >= 0.3 is 5.97 Å². The van der Waals surface area contributed by atoms with Crippen molar-refractivity contribution >= 4 is 17.6 Å². The van der Waals surface area contributed by atoms with E-state index in [1.807, 2.05) is 19.1 Å². The van der Waals surface area contributed by atoms with Crippen LogP contribution in [0.4, 0.5) is 14.5 Å². The first-order valence-electron chi connectivity index (χ1n) is 6.91. The number of amides is 1. The van der Waals surface area contributed by atoms with Crippen molar-refractivity contribution in [2.24, 2.45) is 0 Å². The number of hydrogen-bond acceptors (Lipinski definition) is 3. The Morgan fingerprint density at radius 1 is 1.13 bits per heavy atom. The van der Waals surface area contributed by atoms with E-state index in [4.69, 9.17) is 4.74 Å². The molecule has 1 amide bonds. The number of nitrogens with one attached hydrogen (secondary N) is 1. The maximum absolute atomic E-state index is 13.5. The topological polar surface area (TPSA) is 55.4 Å². The SMILES string of the molecule is Cc1ccccc1NC(=O)[C@H](C)OC(=O)c1ccc(F)cc1F. The molecule has 1 atom stereocenters. The molecule has 2 aromatic rings. The Kier molecular flexibility index (Phi) is 5.05. The zero-order valence-electron chi connectivity index (χ0n) is 12.6. The lowest BCUT2D eigenvalue weighted by Gasteiger charge is -2.15. The maximum atomic E-state index is 13.5. The van der Waals surface area contributed by atoms with Crippen molar-refractivity contribution in [3.05, 3.63) is 65.2 Å². The highest BCUT2D eigenvalue weighted by atomic mass is 19.1. The lowest BCUT2D eigenvalue weighted by Crippen LogP contribution is -2.30. The van der Waals surface area contributed by atoms with Crippen LogP contribution < -0.4 is 5.32 Å². The van der Waals surface area contributed by atoms with Crippen LogP contribution in [0.2, 0.25) is 0 Å². The summed E-state index contributed by atoms with van der Waals surface area (Å²) >= 11 is 0. The predicted octanol–water partition coefficient (Wildman–Crippen LogP) is 3.46. The van der Waals surface area contributed by atoms with Crippen molar-refractivity contribution < 1.29 is 23.1 Å². The van der Waals surface area contributed by atoms with E-state index < -0.39 is 35.2 Å². The normalized spacial score (nSPS) is 11.7. The van der Waals surface area contributed by atoms with Crippen molar-refractivity contribution in [3.63, 3.8) is 0 Å². The molecule has 2 rings (SSSR count). The van der Waals surface area contributed by atoms with E-state index in [1.165, 1.54) is 6.92 Å². The van der Waals surface area contributed by atoms with Crippen LogP contribution in [0.15, 0.2) is 42.5 Å². The molecule has 4 nitrogen and oxygen atoms in total. The molecule has 0 bridgehead atoms. The molecule has 0 radical (unpaired) electrons. The summed E-state index contributed by atoms with van der Waals surface area (Å²) in [5, 5.41) is 2.62. The summed E-state index contributed by atoms with van der Waals surface area (Å²) in [6.07, 6.45) is -1.13. The molecule has 0 aromatic heterocycles. The fourth-order valence-electron chi connectivity index (χ4n) is 1.88. The summed E-state index contributed by atoms with van der Waals surface area (Å²) in [7, 11) is 0. The van der Waals surface area contributed by atoms with Gasteiger partial charge in [0, 0.05) is 11.8 Å². The Morgan fingerprint density at radius 2 is 1.83 bits per heavy atom. The van der Waals surface area contributed by atoms with Gasteiger partial charge in [-0.05, 0) is 37.6 Å². The van der Waals surface area contributed by atoms with Crippen molar-refractivity contribution in [2.75, 3.05) is 5.32 Å². The number of ether oxygens (including phenoxy) is 1. The van der Waals surface area contributed by atoms with E-state index in [2.05, 4.69) is 5.32 Å². The largest absolute Gasteiger partial charge is 0.449 e. The van der Waals surface area contributed by atoms with Crippen LogP contribution in [0.25, 0.3) is 0 Å². The standard InChI is InChI=1S/C17H15F2NO3/c1-10-5-3-4-6-15(10)20-16(21)11(2)23-17(22)13-8-7-12(18)9-14(13)19/h3-9,11H,1-2H3,(H,20,21)/t11-/m0/s1. The molecule has 0 aliphatic rings. The molecule has 0 aliphatic heterocycles. The van der Waals surface area contributed by atoms with Gasteiger partial charge < -0.3 is 10.1 Å². The summed E-state index contributed by atoms with van der Waals surface area (Å²) in [6.45, 7) is 3.19. The van der Waals surface area contributed by atoms with E-state index in [1.54, 1.807) is 12.1 Å². The fourth-order valence-corrected chi connectivity index (χ4v) is 1.88. The molecule has 0 fully saturated rings. The zero-order chi connectivity index (χ0) is 17.0. The van der Waals surface area contributed by atoms with Gasteiger partial charge in [-0.3, -0.25) is 4.79 Å². The Bertz CT molecular complexity index is 746. The third-order valence-electron chi connectivity index (χ3n) is 3.21. The average Bonchev–Trinajstić information content (AvgIpc) is 2.49. The molecule has 120 valence electrons. The fraction of sp³-hybridized carbons (Fsp3) is 0.176. The highest BCUT2D eigenvalue weighted by molar-refractivity contribution is 5.97. The van der Waals surface area contributed by atoms with Gasteiger partial charge in [0.2, 0.25) is 0 Å². The number of carbonyl (C=O) groups excluding carboxylic acids is 2. The van der Waals surface area contributed by atoms with Crippen LogP contribution in [0.5, 0.6) is 0 Å². The van der Waals surface area contributed by atoms with Crippen molar-refractivity contribution in [1.82, 2.24) is 0 Å². The van der Waals surface area contributed by atoms with Crippen LogP contribution >= 0.6 is 0 Å². The second-order valence-electron chi connectivity index (χ2n) is 4.98. The lowest BCUT2D eigenvalue weighted by molar-refractivity contribution is -0.123. The highest BCUT2D eigenvalue weighted by Gasteiger charge is 2.21. The number of halogens is 2. The summed E-state index contributed by atoms with van der Waals surface area (Å²) in [5.41, 5.74) is 1.01. The molecule has 23 heavy (non-hydrogen) atoms. The van der Waals surface area contributed by atoms with Gasteiger partial charge in [0.1, 0.15) is 11.6 Å². The molecule has 0 saturated carbocycles. The number of para-hydroxylation sites is 1. The van der Waals surface area contributed by atoms with Crippen LogP contribution in [-0.4, -0.2) is 18.0 Å². The minimum atomic E-state index is -1.13. The van der Waals surface area contributed by atoms with Crippen LogP contribution in [0, 0.1) is 18.6 Å². The molecule has 0 spiro atoms. The number of esters is 1. The molecule has 0 saturated heterocycles. The number of benzene rings is 2. The van der Waals surface area contributed by atoms with Gasteiger partial charge in [-0.2, -0.15) is 0 Å². The summed E-state index contributed by atoms with van der Waals surface area (Å²) < 4.78 is 31.3. The molecule has 0 aliphatic carbocycles. The van der Waals surface area contributed by atoms with Crippen molar-refractivity contribution in [3.8, 4) is 0 Å². The molecule has 2 aromatic carbocycles. The first-order chi connectivity index (χ1) is 10.9. The van der Waals surface area contributed by atoms with E-state index >= 15 is 0 Å². The number of hydrogen-bond donors (Lipinski definition) is 1. The van der Waals surface area contributed by atoms with Gasteiger partial charge in [0.25, 0.3) is 5.91 Å². The number of carbonyl (C=O) groups is 2. The van der Waals surface area contributed by atoms with E-state index in [9.17, 15) is 18.4 Å². The van der Waals surface area contributed by atoms with E-state index in [-0.39, 0.29) is 0 Å². The number of aryl methyl sites for hydroxylation is 1. The first-order valence-corrected chi connectivity index (χ1v) is 6.91. The summed E-state index contributed by atoms with van der Waals surface area (Å²) in [5.74, 6) is -3.42. The van der Waals surface area contributed by atoms with Crippen LogP contribution in [-0.2, 0) is 9.53 Å². The first kappa shape index (κ1) is 16.6. The monoisotopic (exact) mass is 319 g/mol. The molecule has 0 unspecified atom stereocenters. The van der Waals surface area contributed by atoms with E-state index in [0.717, 1.165) is 17.7 Å². The molecule has 6 heteroatoms. The summed E-state index contributed by atoms with van der Waals surface area (Å²) in [4.78, 5) is 23.9. The Balaban J connectivity index is 2.03. The summed E-state index contributed by atoms with van der Waals surface area (Å²) in [6, 6.07) is 9.60. The third kappa shape index (κ3) is 4.12. The number of anilines is 1. The second-order valence-corrected chi connectivity index (χ2v) is 4.98. The Morgan fingerprint density at radius 3 is 2.48 bits per heavy atom. The maximum Gasteiger partial charge on any atom is 0.341 e. The quantitative estimate of drug-likeness (QED) is 0.878. The van der Waals surface area contributed by atoms with Crippen LogP contribution in [0.3, 0.4) is 0 Å². The molecular formula is C17H15F2NO3. The van der Waals surface area contributed by atoms with Gasteiger partial charge in [0.15, 0.2) is 6.10 Å². The zero-order valence-corrected chi connectivity index (χ0v) is 12.6. The van der Waals surface area contributed by atoms with Gasteiger partial charge in [-0.25, -0.2) is 13.6 Å². The van der Waals surface area contributed by atoms with Crippen LogP contribution in [0.1, 0.15) is 22.8 Å². The Labute approximate surface area is 132 Å². The minimum absolute atomic E-state index is 0.429. The van der Waals surface area contributed by atoms with Gasteiger partial charge in [-0.15, -0.1) is 0 Å². The molecular weight excluding hydrogens is 304 g/mol. The van der Waals surface area contributed by atoms with E-state index in [0.29, 0.717) is 11.8 Å². The molecule has 1 N–H and O–H groups in total. The van der Waals surface area contributed by atoms with Crippen molar-refractivity contribution in [2.45, 2.75) is 20.0 Å². The third-order valence-corrected chi connectivity index (χ3v) is 3.21. The second kappa shape index (κ2) is 7.00. The lowest BCUT2D eigenvalue weighted by atomic mass is 10.2. The van der Waals surface area contributed by atoms with Crippen molar-refractivity contribution in [1.29, 1.82) is 0 Å². The highest BCUT2D eigenvalue weighted by Crippen LogP contribution is 2.15. The van der Waals surface area contributed by atoms with Gasteiger partial charge in [0.05, 0.1) is 5.56 Å². The Hall–Kier alpha value is -2.76. The minimum Gasteiger partial charge on any atom is -0.449 e. The smallest absolute Gasteiger partial charge is 0.341 e. The average molecular weight is 319 g/mol. The molecule has 0 heterocycles. The van der Waals surface area contributed by atoms with Gasteiger partial charge in [-0.1, -0.05) is 18.2 Å². The number of rotatable bonds is 4. The predicted molar refractivity (Wildman–Crippen MR) is 81.0 cm³/mol.